The van der Waals surface area contributed by atoms with Crippen molar-refractivity contribution in [1.82, 2.24) is 24.2 Å². The number of nitriles is 1. The minimum atomic E-state index is -2.63. The van der Waals surface area contributed by atoms with E-state index < -0.39 is 52.5 Å². The number of hydrogen-bond donors (Lipinski definition) is 2. The van der Waals surface area contributed by atoms with Gasteiger partial charge in [0.15, 0.2) is 25.7 Å². The Labute approximate surface area is 379 Å². The van der Waals surface area contributed by atoms with Crippen molar-refractivity contribution in [2.24, 2.45) is 0 Å². The summed E-state index contributed by atoms with van der Waals surface area (Å²) in [5.41, 5.74) is 1.46. The summed E-state index contributed by atoms with van der Waals surface area (Å²) >= 11 is 0. The molecule has 1 aliphatic heterocycles. The number of rotatable bonds is 20. The summed E-state index contributed by atoms with van der Waals surface area (Å²) in [4.78, 5) is 25.4. The molecule has 0 bridgehead atoms. The normalized spacial score (nSPS) is 18.8. The summed E-state index contributed by atoms with van der Waals surface area (Å²) < 4.78 is 51.3. The summed E-state index contributed by atoms with van der Waals surface area (Å²) in [7, 11) is 0.535. The number of aromatic nitrogens is 4. The van der Waals surface area contributed by atoms with Crippen molar-refractivity contribution in [1.29, 1.82) is 5.26 Å². The molecule has 1 saturated heterocycles. The minimum absolute atomic E-state index is 0.00137. The van der Waals surface area contributed by atoms with Crippen LogP contribution in [-0.4, -0.2) is 97.4 Å². The molecule has 15 nitrogen and oxygen atoms in total. The lowest BCUT2D eigenvalue weighted by molar-refractivity contribution is -0.0926. The number of benzene rings is 3. The second-order valence-electron chi connectivity index (χ2n) is 17.8. The fraction of sp³-hybridized carbons (Fsp3) is 0.489. The third kappa shape index (κ3) is 10.2. The lowest BCUT2D eigenvalue weighted by atomic mass is 9.80. The van der Waals surface area contributed by atoms with Gasteiger partial charge in [0.05, 0.1) is 46.3 Å². The standard InChI is InChI=1S/C47H64N7O8PSi/c1-31(2)54(32(3)4)63(59-28-16-27-48)61-40-38(60-44(41(40)62-64(11,12)46(5,6)7)53-30-50-39-42(53)51-45(49-8)52-43(39)55)29-58-47(33-17-14-13-15-18-33,34-19-23-36(56-9)24-20-34)35-21-25-37(57-10)26-22-35/h13-15,17-26,30-32,38,40-41,44H,16,28-29H2,1-12H3,(H2,49,51,52,55)/t38-,40?,41+,44-,63?/m1/s1. The predicted molar refractivity (Wildman–Crippen MR) is 252 cm³/mol. The van der Waals surface area contributed by atoms with E-state index in [1.807, 2.05) is 66.7 Å². The Hall–Kier alpha value is -4.69. The maximum absolute atomic E-state index is 13.3. The van der Waals surface area contributed by atoms with Crippen LogP contribution in [-0.2, 0) is 28.5 Å². The highest BCUT2D eigenvalue weighted by atomic mass is 31.2. The fourth-order valence-corrected chi connectivity index (χ4v) is 10.8. The minimum Gasteiger partial charge on any atom is -0.497 e. The predicted octanol–water partition coefficient (Wildman–Crippen LogP) is 9.14. The quantitative estimate of drug-likeness (QED) is 0.0329. The van der Waals surface area contributed by atoms with Crippen molar-refractivity contribution in [3.8, 4) is 17.6 Å². The Morgan fingerprint density at radius 2 is 1.50 bits per heavy atom. The largest absolute Gasteiger partial charge is 0.497 e. The maximum Gasteiger partial charge on any atom is 0.280 e. The highest BCUT2D eigenvalue weighted by Crippen LogP contribution is 2.53. The highest BCUT2D eigenvalue weighted by Gasteiger charge is 2.54. The zero-order chi connectivity index (χ0) is 46.4. The number of imidazole rings is 1. The van der Waals surface area contributed by atoms with Gasteiger partial charge in [0.1, 0.15) is 35.4 Å². The molecule has 0 aliphatic carbocycles. The molecule has 2 N–H and O–H groups in total. The molecular weight excluding hydrogens is 850 g/mol. The van der Waals surface area contributed by atoms with Crippen LogP contribution >= 0.6 is 8.53 Å². The number of nitrogens with zero attached hydrogens (tertiary/aromatic N) is 5. The van der Waals surface area contributed by atoms with Crippen LogP contribution in [0.3, 0.4) is 0 Å². The Kier molecular flexibility index (Phi) is 15.7. The topological polar surface area (TPSA) is 167 Å². The molecular formula is C47H64N7O8PSi. The Morgan fingerprint density at radius 1 is 0.922 bits per heavy atom. The summed E-state index contributed by atoms with van der Waals surface area (Å²) in [5.74, 6) is 1.68. The van der Waals surface area contributed by atoms with Crippen molar-refractivity contribution in [3.05, 3.63) is 112 Å². The molecule has 1 fully saturated rings. The molecule has 1 aliphatic rings. The molecule has 0 radical (unpaired) electrons. The first-order valence-corrected chi connectivity index (χ1v) is 25.7. The van der Waals surface area contributed by atoms with Crippen LogP contribution in [0.4, 0.5) is 5.95 Å². The van der Waals surface area contributed by atoms with E-state index in [0.29, 0.717) is 17.1 Å². The molecule has 3 aromatic carbocycles. The van der Waals surface area contributed by atoms with Gasteiger partial charge in [0, 0.05) is 19.1 Å². The van der Waals surface area contributed by atoms with Crippen LogP contribution < -0.4 is 20.3 Å². The third-order valence-corrected chi connectivity index (χ3v) is 18.6. The molecule has 3 heterocycles. The van der Waals surface area contributed by atoms with E-state index in [1.165, 1.54) is 0 Å². The van der Waals surface area contributed by atoms with Gasteiger partial charge in [-0.1, -0.05) is 75.4 Å². The van der Waals surface area contributed by atoms with E-state index >= 15 is 0 Å². The van der Waals surface area contributed by atoms with Crippen LogP contribution in [0.25, 0.3) is 11.2 Å². The number of fused-ring (bicyclic) bond motifs is 1. The molecule has 0 spiro atoms. The van der Waals surface area contributed by atoms with Gasteiger partial charge < -0.3 is 37.7 Å². The smallest absolute Gasteiger partial charge is 0.280 e. The molecule has 0 amide bonds. The average molecular weight is 914 g/mol. The Morgan fingerprint density at radius 3 is 2.02 bits per heavy atom. The SMILES string of the molecule is CNc1nc2c(ncn2[C@@H]2O[C@H](COC(c3ccccc3)(c3ccc(OC)cc3)c3ccc(OC)cc3)C(OP(OCCC#N)N(C(C)C)C(C)C)[C@@H]2O[Si](C)(C)C(C)(C)C)c(=O)[nH]1. The Bertz CT molecular complexity index is 2330. The van der Waals surface area contributed by atoms with Gasteiger partial charge in [-0.2, -0.15) is 10.2 Å². The van der Waals surface area contributed by atoms with Gasteiger partial charge in [-0.05, 0) is 86.8 Å². The van der Waals surface area contributed by atoms with E-state index in [2.05, 4.69) is 99.7 Å². The summed E-state index contributed by atoms with van der Waals surface area (Å²) in [6.07, 6.45) is -1.50. The molecule has 0 saturated carbocycles. The molecule has 17 heteroatoms. The van der Waals surface area contributed by atoms with Crippen molar-refractivity contribution >= 4 is 34.0 Å². The molecule has 2 aromatic heterocycles. The number of anilines is 1. The van der Waals surface area contributed by atoms with E-state index in [0.717, 1.165) is 16.7 Å². The number of aromatic amines is 1. The van der Waals surface area contributed by atoms with Crippen LogP contribution in [0.2, 0.25) is 18.1 Å². The van der Waals surface area contributed by atoms with Crippen LogP contribution in [0.1, 0.15) is 77.8 Å². The van der Waals surface area contributed by atoms with E-state index in [-0.39, 0.29) is 48.2 Å². The van der Waals surface area contributed by atoms with Crippen molar-refractivity contribution in [2.45, 2.75) is 115 Å². The van der Waals surface area contributed by atoms with Crippen LogP contribution in [0, 0.1) is 11.3 Å². The van der Waals surface area contributed by atoms with Crippen molar-refractivity contribution in [2.75, 3.05) is 39.8 Å². The second kappa shape index (κ2) is 20.6. The number of methoxy groups -OCH3 is 2. The zero-order valence-corrected chi connectivity index (χ0v) is 41.0. The average Bonchev–Trinajstić information content (AvgIpc) is 3.84. The second-order valence-corrected chi connectivity index (χ2v) is 24.0. The molecule has 2 unspecified atom stereocenters. The van der Waals surface area contributed by atoms with E-state index in [1.54, 1.807) is 32.2 Å². The first-order chi connectivity index (χ1) is 30.5. The van der Waals surface area contributed by atoms with Gasteiger partial charge >= 0.3 is 0 Å². The molecule has 5 atom stereocenters. The first-order valence-electron chi connectivity index (χ1n) is 21.7. The number of hydrogen-bond acceptors (Lipinski definition) is 13. The van der Waals surface area contributed by atoms with Gasteiger partial charge in [-0.3, -0.25) is 14.3 Å². The molecule has 6 rings (SSSR count). The lowest BCUT2D eigenvalue weighted by Gasteiger charge is -2.42. The van der Waals surface area contributed by atoms with Crippen LogP contribution in [0.5, 0.6) is 11.5 Å². The van der Waals surface area contributed by atoms with E-state index in [4.69, 9.17) is 37.4 Å². The van der Waals surface area contributed by atoms with Gasteiger partial charge in [0.2, 0.25) is 5.95 Å². The zero-order valence-electron chi connectivity index (χ0n) is 39.1. The molecule has 64 heavy (non-hydrogen) atoms. The number of H-pyrrole nitrogens is 1. The summed E-state index contributed by atoms with van der Waals surface area (Å²) in [6.45, 7) is 19.5. The lowest BCUT2D eigenvalue weighted by Crippen LogP contribution is -2.50. The number of ether oxygens (including phenoxy) is 4. The third-order valence-electron chi connectivity index (χ3n) is 12.0. The Balaban J connectivity index is 1.58. The molecule has 5 aromatic rings. The van der Waals surface area contributed by atoms with Crippen molar-refractivity contribution < 1.29 is 32.4 Å². The summed E-state index contributed by atoms with van der Waals surface area (Å²) in [6, 6.07) is 28.1. The van der Waals surface area contributed by atoms with E-state index in [9.17, 15) is 10.1 Å². The van der Waals surface area contributed by atoms with Crippen molar-refractivity contribution in [3.63, 3.8) is 0 Å². The van der Waals surface area contributed by atoms with Crippen LogP contribution in [0.15, 0.2) is 90.0 Å². The van der Waals surface area contributed by atoms with Gasteiger partial charge in [-0.25, -0.2) is 9.65 Å². The summed E-state index contributed by atoms with van der Waals surface area (Å²) in [5, 5.41) is 12.3. The monoisotopic (exact) mass is 913 g/mol. The molecule has 344 valence electrons. The fourth-order valence-electron chi connectivity index (χ4n) is 7.75. The maximum atomic E-state index is 13.3. The highest BCUT2D eigenvalue weighted by molar-refractivity contribution is 7.44. The van der Waals surface area contributed by atoms with Gasteiger partial charge in [-0.15, -0.1) is 0 Å². The van der Waals surface area contributed by atoms with Gasteiger partial charge in [0.25, 0.3) is 14.1 Å². The first kappa shape index (κ1) is 48.8. The number of nitrogens with one attached hydrogen (secondary N) is 2.